The molecule has 0 saturated carbocycles. The standard InChI is InChI=1S/2C19H22FN3O4S/c2*1-12(24)22-10-13-7-14-3-4-15(21)8-18(14)23(11-13)28(25,26)16-5-6-17(20)19(9-16)27-2/h2*3-6,8-9,13H,7,10-11,21H2,1-2H3,(H,22,24)/t2*13-/m10/s1. The number of amides is 2. The van der Waals surface area contributed by atoms with Gasteiger partial charge in [-0.15, -0.1) is 0 Å². The zero-order valence-corrected chi connectivity index (χ0v) is 32.8. The topological polar surface area (TPSA) is 203 Å². The summed E-state index contributed by atoms with van der Waals surface area (Å²) in [5.74, 6) is -2.18. The van der Waals surface area contributed by atoms with E-state index in [0.29, 0.717) is 48.7 Å². The smallest absolute Gasteiger partial charge is 0.264 e. The molecule has 0 spiro atoms. The van der Waals surface area contributed by atoms with E-state index in [-0.39, 0.29) is 58.0 Å². The fourth-order valence-electron chi connectivity index (χ4n) is 6.55. The van der Waals surface area contributed by atoms with Crippen LogP contribution >= 0.6 is 0 Å². The van der Waals surface area contributed by atoms with Gasteiger partial charge >= 0.3 is 0 Å². The van der Waals surface area contributed by atoms with Crippen LogP contribution in [0.4, 0.5) is 31.5 Å². The molecule has 56 heavy (non-hydrogen) atoms. The normalized spacial score (nSPS) is 16.4. The van der Waals surface area contributed by atoms with Crippen LogP contribution in [0, 0.1) is 23.5 Å². The summed E-state index contributed by atoms with van der Waals surface area (Å²) in [6.07, 6.45) is 1.21. The highest BCUT2D eigenvalue weighted by Crippen LogP contribution is 2.38. The molecule has 0 radical (unpaired) electrons. The van der Waals surface area contributed by atoms with Gasteiger partial charge < -0.3 is 31.6 Å². The Labute approximate surface area is 324 Å². The van der Waals surface area contributed by atoms with Crippen LogP contribution in [0.3, 0.4) is 0 Å². The van der Waals surface area contributed by atoms with E-state index in [4.69, 9.17) is 20.9 Å². The van der Waals surface area contributed by atoms with Crippen molar-refractivity contribution in [3.05, 3.63) is 95.6 Å². The van der Waals surface area contributed by atoms with Gasteiger partial charge in [-0.25, -0.2) is 25.6 Å². The lowest BCUT2D eigenvalue weighted by Gasteiger charge is -2.35. The van der Waals surface area contributed by atoms with Gasteiger partial charge in [0.1, 0.15) is 0 Å². The van der Waals surface area contributed by atoms with Crippen molar-refractivity contribution in [3.63, 3.8) is 0 Å². The predicted octanol–water partition coefficient (Wildman–Crippen LogP) is 3.84. The molecule has 2 amide bonds. The van der Waals surface area contributed by atoms with E-state index in [1.807, 2.05) is 0 Å². The molecule has 0 saturated heterocycles. The first-order valence-electron chi connectivity index (χ1n) is 17.4. The van der Waals surface area contributed by atoms with Crippen molar-refractivity contribution in [2.75, 3.05) is 60.5 Å². The second-order valence-electron chi connectivity index (χ2n) is 13.5. The average molecular weight is 815 g/mol. The van der Waals surface area contributed by atoms with Crippen molar-refractivity contribution in [2.24, 2.45) is 11.8 Å². The second kappa shape index (κ2) is 17.0. The average Bonchev–Trinajstić information content (AvgIpc) is 3.16. The molecule has 4 aromatic carbocycles. The first-order valence-corrected chi connectivity index (χ1v) is 20.3. The molecule has 14 nitrogen and oxygen atoms in total. The molecule has 0 bridgehead atoms. The van der Waals surface area contributed by atoms with Crippen LogP contribution in [-0.2, 0) is 42.5 Å². The number of halogens is 2. The Morgan fingerprint density at radius 2 is 1.04 bits per heavy atom. The third-order valence-electron chi connectivity index (χ3n) is 9.32. The van der Waals surface area contributed by atoms with Crippen molar-refractivity contribution < 1.29 is 44.7 Å². The maximum atomic E-state index is 13.7. The molecule has 2 aliphatic heterocycles. The fraction of sp³-hybridized carbons (Fsp3) is 0.316. The zero-order chi connectivity index (χ0) is 40.9. The molecule has 0 aromatic heterocycles. The van der Waals surface area contributed by atoms with Gasteiger partial charge in [0.15, 0.2) is 23.1 Å². The number of nitrogens with zero attached hydrogens (tertiary/aromatic N) is 2. The van der Waals surface area contributed by atoms with Crippen molar-refractivity contribution in [1.29, 1.82) is 0 Å². The maximum Gasteiger partial charge on any atom is 0.264 e. The summed E-state index contributed by atoms with van der Waals surface area (Å²) in [7, 11) is -5.44. The Morgan fingerprint density at radius 1 is 0.661 bits per heavy atom. The number of methoxy groups -OCH3 is 2. The Bertz CT molecular complexity index is 2180. The highest BCUT2D eigenvalue weighted by Gasteiger charge is 2.35. The quantitative estimate of drug-likeness (QED) is 0.170. The third-order valence-corrected chi connectivity index (χ3v) is 12.9. The number of hydrogen-bond donors (Lipinski definition) is 4. The first kappa shape index (κ1) is 41.5. The van der Waals surface area contributed by atoms with Crippen LogP contribution in [-0.4, -0.2) is 69.0 Å². The van der Waals surface area contributed by atoms with Crippen LogP contribution in [0.25, 0.3) is 0 Å². The molecule has 0 unspecified atom stereocenters. The zero-order valence-electron chi connectivity index (χ0n) is 31.2. The third kappa shape index (κ3) is 9.25. The number of anilines is 4. The lowest BCUT2D eigenvalue weighted by Crippen LogP contribution is -2.43. The Morgan fingerprint density at radius 3 is 1.38 bits per heavy atom. The number of nitrogens with one attached hydrogen (secondary N) is 2. The van der Waals surface area contributed by atoms with Crippen LogP contribution < -0.4 is 40.2 Å². The van der Waals surface area contributed by atoms with E-state index < -0.39 is 31.7 Å². The molecular formula is C38H44F2N6O8S2. The molecule has 6 N–H and O–H groups in total. The molecule has 2 heterocycles. The van der Waals surface area contributed by atoms with Gasteiger partial charge in [-0.1, -0.05) is 12.1 Å². The van der Waals surface area contributed by atoms with Gasteiger partial charge in [-0.05, 0) is 84.3 Å². The van der Waals surface area contributed by atoms with Crippen molar-refractivity contribution >= 4 is 54.6 Å². The predicted molar refractivity (Wildman–Crippen MR) is 208 cm³/mol. The lowest BCUT2D eigenvalue weighted by atomic mass is 9.93. The highest BCUT2D eigenvalue weighted by molar-refractivity contribution is 7.93. The fourth-order valence-corrected chi connectivity index (χ4v) is 9.72. The van der Waals surface area contributed by atoms with Crippen molar-refractivity contribution in [2.45, 2.75) is 36.5 Å². The number of carbonyl (C=O) groups is 2. The summed E-state index contributed by atoms with van der Waals surface area (Å²) >= 11 is 0. The van der Waals surface area contributed by atoms with Crippen LogP contribution in [0.15, 0.2) is 82.6 Å². The SMILES string of the molecule is COc1cc(S(=O)(=O)N2C[C@@H](CNC(C)=O)Cc3ccc(N)cc32)ccc1F.COc1cc(S(=O)(=O)N2C[C@H](CNC(C)=O)Cc3ccc(N)cc32)ccc1F. The van der Waals surface area contributed by atoms with Gasteiger partial charge in [-0.3, -0.25) is 18.2 Å². The van der Waals surface area contributed by atoms with Gasteiger partial charge in [0.05, 0.1) is 35.4 Å². The summed E-state index contributed by atoms with van der Waals surface area (Å²) in [6, 6.07) is 17.1. The van der Waals surface area contributed by atoms with Gasteiger partial charge in [-0.2, -0.15) is 0 Å². The Kier molecular flexibility index (Phi) is 12.6. The molecule has 2 atom stereocenters. The summed E-state index contributed by atoms with van der Waals surface area (Å²) < 4.78 is 93.2. The Balaban J connectivity index is 0.000000214. The number of benzene rings is 4. The molecule has 18 heteroatoms. The van der Waals surface area contributed by atoms with Gasteiger partial charge in [0, 0.05) is 63.5 Å². The van der Waals surface area contributed by atoms with E-state index in [9.17, 15) is 35.2 Å². The van der Waals surface area contributed by atoms with Crippen molar-refractivity contribution in [1.82, 2.24) is 10.6 Å². The second-order valence-corrected chi connectivity index (χ2v) is 17.2. The van der Waals surface area contributed by atoms with Crippen LogP contribution in [0.5, 0.6) is 11.5 Å². The molecule has 0 aliphatic carbocycles. The number of ether oxygens (including phenoxy) is 2. The van der Waals surface area contributed by atoms with E-state index in [2.05, 4.69) is 10.6 Å². The van der Waals surface area contributed by atoms with E-state index in [1.54, 1.807) is 36.4 Å². The monoisotopic (exact) mass is 814 g/mol. The van der Waals surface area contributed by atoms with E-state index >= 15 is 0 Å². The van der Waals surface area contributed by atoms with Crippen molar-refractivity contribution in [3.8, 4) is 11.5 Å². The first-order chi connectivity index (χ1) is 26.4. The summed E-state index contributed by atoms with van der Waals surface area (Å²) in [5.41, 5.74) is 15.2. The summed E-state index contributed by atoms with van der Waals surface area (Å²) in [6.45, 7) is 3.85. The molecule has 2 aliphatic rings. The summed E-state index contributed by atoms with van der Waals surface area (Å²) in [5, 5.41) is 5.48. The number of rotatable bonds is 10. The minimum Gasteiger partial charge on any atom is -0.494 e. The van der Waals surface area contributed by atoms with Crippen LogP contribution in [0.2, 0.25) is 0 Å². The van der Waals surface area contributed by atoms with E-state index in [1.165, 1.54) is 48.8 Å². The number of fused-ring (bicyclic) bond motifs is 2. The van der Waals surface area contributed by atoms with Gasteiger partial charge in [0.2, 0.25) is 11.8 Å². The molecule has 300 valence electrons. The van der Waals surface area contributed by atoms with Crippen LogP contribution in [0.1, 0.15) is 25.0 Å². The molecule has 4 aromatic rings. The molecule has 6 rings (SSSR count). The number of hydrogen-bond acceptors (Lipinski definition) is 10. The molecular weight excluding hydrogens is 771 g/mol. The highest BCUT2D eigenvalue weighted by atomic mass is 32.2. The number of sulfonamides is 2. The maximum absolute atomic E-state index is 13.7. The molecule has 0 fully saturated rings. The number of carbonyl (C=O) groups excluding carboxylic acids is 2. The van der Waals surface area contributed by atoms with E-state index in [0.717, 1.165) is 35.4 Å². The van der Waals surface area contributed by atoms with Gasteiger partial charge in [0.25, 0.3) is 20.0 Å². The number of nitrogens with two attached hydrogens (primary N) is 2. The summed E-state index contributed by atoms with van der Waals surface area (Å²) in [4.78, 5) is 22.4. The lowest BCUT2D eigenvalue weighted by molar-refractivity contribution is -0.120. The largest absolute Gasteiger partial charge is 0.494 e. The minimum absolute atomic E-state index is 0.0840. The Hall–Kier alpha value is -5.62. The number of nitrogen functional groups attached to an aromatic ring is 2. The minimum atomic E-state index is -3.99.